The zero-order valence-electron chi connectivity index (χ0n) is 15.3. The van der Waals surface area contributed by atoms with Gasteiger partial charge in [0.2, 0.25) is 0 Å². The first-order valence-corrected chi connectivity index (χ1v) is 8.76. The van der Waals surface area contributed by atoms with Crippen LogP contribution >= 0.6 is 0 Å². The molecule has 1 aromatic carbocycles. The average molecular weight is 360 g/mol. The fourth-order valence-corrected chi connectivity index (χ4v) is 3.40. The van der Waals surface area contributed by atoms with Crippen molar-refractivity contribution in [2.75, 3.05) is 13.1 Å². The quantitative estimate of drug-likeness (QED) is 0.810. The van der Waals surface area contributed by atoms with E-state index in [9.17, 15) is 14.4 Å². The maximum atomic E-state index is 12.4. The molecular formula is C19H24N2O5. The number of hydrogen-bond acceptors (Lipinski definition) is 5. The Morgan fingerprint density at radius 3 is 2.46 bits per heavy atom. The van der Waals surface area contributed by atoms with Crippen LogP contribution in [0.5, 0.6) is 0 Å². The van der Waals surface area contributed by atoms with Gasteiger partial charge in [0.25, 0.3) is 0 Å². The maximum absolute atomic E-state index is 12.4. The number of carbonyl (C=O) groups is 3. The van der Waals surface area contributed by atoms with Crippen LogP contribution in [-0.4, -0.2) is 58.5 Å². The van der Waals surface area contributed by atoms with Gasteiger partial charge in [-0.1, -0.05) is 30.3 Å². The van der Waals surface area contributed by atoms with Crippen molar-refractivity contribution in [1.29, 1.82) is 0 Å². The molecule has 0 aliphatic carbocycles. The first-order chi connectivity index (χ1) is 12.3. The molecule has 0 spiro atoms. The van der Waals surface area contributed by atoms with E-state index in [4.69, 9.17) is 9.47 Å². The molecule has 0 radical (unpaired) electrons. The minimum absolute atomic E-state index is 0.0394. The van der Waals surface area contributed by atoms with Gasteiger partial charge in [0.05, 0.1) is 12.6 Å². The van der Waals surface area contributed by atoms with Crippen molar-refractivity contribution in [3.05, 3.63) is 35.9 Å². The zero-order valence-corrected chi connectivity index (χ0v) is 15.3. The number of likely N-dealkylation sites (tertiary alicyclic amines) is 2. The molecule has 0 saturated carbocycles. The molecule has 2 fully saturated rings. The number of fused-ring (bicyclic) bond motifs is 1. The summed E-state index contributed by atoms with van der Waals surface area (Å²) in [6.07, 6.45) is -0.505. The van der Waals surface area contributed by atoms with Gasteiger partial charge in [-0.3, -0.25) is 14.6 Å². The molecule has 2 atom stereocenters. The van der Waals surface area contributed by atoms with E-state index in [1.807, 2.05) is 30.3 Å². The van der Waals surface area contributed by atoms with Crippen LogP contribution < -0.4 is 0 Å². The molecule has 0 N–H and O–H groups in total. The Balaban J connectivity index is 1.63. The SMILES string of the molecule is CC(C)(C)OC(=O)N1CCC2C1C(=O)CN2C(=O)OCc1ccccc1. The van der Waals surface area contributed by atoms with Crippen LogP contribution in [0.15, 0.2) is 30.3 Å². The molecule has 140 valence electrons. The molecule has 26 heavy (non-hydrogen) atoms. The summed E-state index contributed by atoms with van der Waals surface area (Å²) in [5, 5.41) is 0. The molecule has 2 unspecified atom stereocenters. The second kappa shape index (κ2) is 6.97. The zero-order chi connectivity index (χ0) is 18.9. The standard InChI is InChI=1S/C19H24N2O5/c1-19(2,3)26-18(24)20-10-9-14-16(20)15(22)11-21(14)17(23)25-12-13-7-5-4-6-8-13/h4-8,14,16H,9-12H2,1-3H3. The highest BCUT2D eigenvalue weighted by molar-refractivity contribution is 5.95. The molecule has 0 aromatic heterocycles. The summed E-state index contributed by atoms with van der Waals surface area (Å²) in [6, 6.07) is 8.37. The molecule has 2 saturated heterocycles. The van der Waals surface area contributed by atoms with Gasteiger partial charge < -0.3 is 9.47 Å². The number of ketones is 1. The number of rotatable bonds is 2. The molecule has 7 nitrogen and oxygen atoms in total. The molecule has 3 rings (SSSR count). The van der Waals surface area contributed by atoms with Crippen molar-refractivity contribution < 1.29 is 23.9 Å². The van der Waals surface area contributed by atoms with Crippen molar-refractivity contribution in [3.8, 4) is 0 Å². The van der Waals surface area contributed by atoms with Crippen LogP contribution in [0.4, 0.5) is 9.59 Å². The van der Waals surface area contributed by atoms with Crippen LogP contribution in [0.1, 0.15) is 32.8 Å². The second-order valence-corrected chi connectivity index (χ2v) is 7.61. The smallest absolute Gasteiger partial charge is 0.410 e. The predicted molar refractivity (Wildman–Crippen MR) is 93.5 cm³/mol. The van der Waals surface area contributed by atoms with Crippen molar-refractivity contribution in [1.82, 2.24) is 9.80 Å². The van der Waals surface area contributed by atoms with Crippen LogP contribution in [0.25, 0.3) is 0 Å². The second-order valence-electron chi connectivity index (χ2n) is 7.61. The number of carbonyl (C=O) groups excluding carboxylic acids is 3. The summed E-state index contributed by atoms with van der Waals surface area (Å²) >= 11 is 0. The van der Waals surface area contributed by atoms with E-state index in [0.717, 1.165) is 5.56 Å². The Labute approximate surface area is 152 Å². The summed E-state index contributed by atoms with van der Waals surface area (Å²) in [7, 11) is 0. The molecular weight excluding hydrogens is 336 g/mol. The van der Waals surface area contributed by atoms with Crippen LogP contribution in [0.2, 0.25) is 0 Å². The Bertz CT molecular complexity index is 698. The lowest BCUT2D eigenvalue weighted by Crippen LogP contribution is -2.45. The van der Waals surface area contributed by atoms with E-state index in [0.29, 0.717) is 13.0 Å². The van der Waals surface area contributed by atoms with Crippen molar-refractivity contribution in [3.63, 3.8) is 0 Å². The third-order valence-corrected chi connectivity index (χ3v) is 4.49. The number of hydrogen-bond donors (Lipinski definition) is 0. The van der Waals surface area contributed by atoms with Gasteiger partial charge in [-0.2, -0.15) is 0 Å². The van der Waals surface area contributed by atoms with Crippen LogP contribution in [0.3, 0.4) is 0 Å². The Kier molecular flexibility index (Phi) is 4.89. The maximum Gasteiger partial charge on any atom is 0.410 e. The fourth-order valence-electron chi connectivity index (χ4n) is 3.40. The monoisotopic (exact) mass is 360 g/mol. The number of Topliss-reactive ketones (excluding diaryl/α,β-unsaturated/α-hetero) is 1. The van der Waals surface area contributed by atoms with Gasteiger partial charge in [-0.05, 0) is 32.8 Å². The lowest BCUT2D eigenvalue weighted by Gasteiger charge is -2.27. The Morgan fingerprint density at radius 1 is 1.12 bits per heavy atom. The largest absolute Gasteiger partial charge is 0.445 e. The first-order valence-electron chi connectivity index (χ1n) is 8.76. The molecule has 2 aliphatic heterocycles. The molecule has 2 amide bonds. The number of ether oxygens (including phenoxy) is 2. The van der Waals surface area contributed by atoms with E-state index < -0.39 is 23.8 Å². The van der Waals surface area contributed by atoms with Gasteiger partial charge >= 0.3 is 12.2 Å². The lowest BCUT2D eigenvalue weighted by atomic mass is 10.1. The highest BCUT2D eigenvalue weighted by Gasteiger charge is 2.52. The fraction of sp³-hybridized carbons (Fsp3) is 0.526. The van der Waals surface area contributed by atoms with Gasteiger partial charge in [-0.25, -0.2) is 9.59 Å². The summed E-state index contributed by atoms with van der Waals surface area (Å²) in [6.45, 7) is 5.84. The molecule has 7 heteroatoms. The van der Waals surface area contributed by atoms with Gasteiger partial charge in [0.1, 0.15) is 18.2 Å². The first kappa shape index (κ1) is 18.2. The number of benzene rings is 1. The third kappa shape index (κ3) is 3.81. The highest BCUT2D eigenvalue weighted by Crippen LogP contribution is 2.31. The van der Waals surface area contributed by atoms with E-state index in [-0.39, 0.29) is 25.0 Å². The topological polar surface area (TPSA) is 76.2 Å². The van der Waals surface area contributed by atoms with E-state index >= 15 is 0 Å². The predicted octanol–water partition coefficient (Wildman–Crippen LogP) is 2.59. The lowest BCUT2D eigenvalue weighted by molar-refractivity contribution is -0.120. The minimum atomic E-state index is -0.644. The summed E-state index contributed by atoms with van der Waals surface area (Å²) in [5.74, 6) is -0.157. The normalized spacial score (nSPS) is 22.3. The van der Waals surface area contributed by atoms with Gasteiger partial charge in [0, 0.05) is 6.54 Å². The third-order valence-electron chi connectivity index (χ3n) is 4.49. The molecule has 0 bridgehead atoms. The van der Waals surface area contributed by atoms with Crippen molar-refractivity contribution >= 4 is 18.0 Å². The van der Waals surface area contributed by atoms with Gasteiger partial charge in [0.15, 0.2) is 5.78 Å². The number of amides is 2. The molecule has 2 heterocycles. The molecule has 1 aromatic rings. The van der Waals surface area contributed by atoms with Crippen molar-refractivity contribution in [2.45, 2.75) is 51.5 Å². The highest BCUT2D eigenvalue weighted by atomic mass is 16.6. The van der Waals surface area contributed by atoms with E-state index in [1.165, 1.54) is 9.80 Å². The Morgan fingerprint density at radius 2 is 1.81 bits per heavy atom. The average Bonchev–Trinajstić information content (AvgIpc) is 3.14. The Hall–Kier alpha value is -2.57. The van der Waals surface area contributed by atoms with Gasteiger partial charge in [-0.15, -0.1) is 0 Å². The number of nitrogens with zero attached hydrogens (tertiary/aromatic N) is 2. The van der Waals surface area contributed by atoms with Crippen LogP contribution in [-0.2, 0) is 20.9 Å². The summed E-state index contributed by atoms with van der Waals surface area (Å²) < 4.78 is 10.7. The van der Waals surface area contributed by atoms with Crippen LogP contribution in [0, 0.1) is 0 Å². The minimum Gasteiger partial charge on any atom is -0.445 e. The summed E-state index contributed by atoms with van der Waals surface area (Å²) in [4.78, 5) is 40.1. The summed E-state index contributed by atoms with van der Waals surface area (Å²) in [5.41, 5.74) is 0.246. The van der Waals surface area contributed by atoms with Crippen molar-refractivity contribution in [2.24, 2.45) is 0 Å². The molecule has 2 aliphatic rings. The van der Waals surface area contributed by atoms with E-state index in [1.54, 1.807) is 20.8 Å². The van der Waals surface area contributed by atoms with E-state index in [2.05, 4.69) is 0 Å².